The Labute approximate surface area is 176 Å². The summed E-state index contributed by atoms with van der Waals surface area (Å²) in [6, 6.07) is 16.5. The second kappa shape index (κ2) is 9.13. The highest BCUT2D eigenvalue weighted by Crippen LogP contribution is 2.24. The Balaban J connectivity index is 1.57. The minimum Gasteiger partial charge on any atom is -0.457 e. The van der Waals surface area contributed by atoms with Gasteiger partial charge in [-0.05, 0) is 60.8 Å². The third-order valence-electron chi connectivity index (χ3n) is 3.71. The Bertz CT molecular complexity index is 1090. The van der Waals surface area contributed by atoms with E-state index in [0.717, 1.165) is 5.56 Å². The number of carbonyl (C=O) groups excluding carboxylic acids is 1. The fourth-order valence-electron chi connectivity index (χ4n) is 2.38. The maximum absolute atomic E-state index is 12.0. The molecule has 0 saturated heterocycles. The van der Waals surface area contributed by atoms with Crippen LogP contribution in [0.5, 0.6) is 0 Å². The number of nitro groups is 1. The molecule has 0 fully saturated rings. The van der Waals surface area contributed by atoms with Crippen molar-refractivity contribution in [3.05, 3.63) is 87.6 Å². The largest absolute Gasteiger partial charge is 0.457 e. The van der Waals surface area contributed by atoms with Crippen molar-refractivity contribution < 1.29 is 14.1 Å². The molecule has 0 saturated carbocycles. The van der Waals surface area contributed by atoms with Gasteiger partial charge in [0, 0.05) is 34.5 Å². The van der Waals surface area contributed by atoms with Crippen molar-refractivity contribution in [2.24, 2.45) is 0 Å². The average molecular weight is 428 g/mol. The number of rotatable bonds is 5. The summed E-state index contributed by atoms with van der Waals surface area (Å²) in [5.41, 5.74) is 1.17. The predicted molar refractivity (Wildman–Crippen MR) is 116 cm³/mol. The summed E-state index contributed by atoms with van der Waals surface area (Å²) in [5, 5.41) is 16.6. The minimum atomic E-state index is -0.517. The van der Waals surface area contributed by atoms with E-state index < -0.39 is 10.8 Å². The van der Waals surface area contributed by atoms with Crippen molar-refractivity contribution in [2.45, 2.75) is 0 Å². The Hall–Kier alpha value is -3.49. The van der Waals surface area contributed by atoms with Crippen LogP contribution in [0.2, 0.25) is 5.02 Å². The highest BCUT2D eigenvalue weighted by molar-refractivity contribution is 7.80. The van der Waals surface area contributed by atoms with E-state index >= 15 is 0 Å². The molecule has 3 rings (SSSR count). The van der Waals surface area contributed by atoms with Gasteiger partial charge in [0.05, 0.1) is 4.92 Å². The van der Waals surface area contributed by atoms with Crippen LogP contribution in [0.4, 0.5) is 11.4 Å². The molecule has 1 aromatic heterocycles. The fraction of sp³-hybridized carbons (Fsp3) is 0. The van der Waals surface area contributed by atoms with E-state index in [0.29, 0.717) is 22.2 Å². The molecule has 0 aliphatic carbocycles. The Kier molecular flexibility index (Phi) is 6.38. The van der Waals surface area contributed by atoms with Crippen LogP contribution in [0.1, 0.15) is 5.76 Å². The molecule has 3 aromatic rings. The molecule has 7 nitrogen and oxygen atoms in total. The lowest BCUT2D eigenvalue weighted by Gasteiger charge is -2.07. The monoisotopic (exact) mass is 427 g/mol. The van der Waals surface area contributed by atoms with Crippen molar-refractivity contribution in [2.75, 3.05) is 5.32 Å². The van der Waals surface area contributed by atoms with Crippen molar-refractivity contribution in [3.63, 3.8) is 0 Å². The first-order chi connectivity index (χ1) is 13.9. The van der Waals surface area contributed by atoms with E-state index in [-0.39, 0.29) is 10.8 Å². The number of amides is 1. The van der Waals surface area contributed by atoms with Gasteiger partial charge in [-0.3, -0.25) is 20.2 Å². The van der Waals surface area contributed by atoms with E-state index in [2.05, 4.69) is 10.6 Å². The van der Waals surface area contributed by atoms with Gasteiger partial charge in [0.1, 0.15) is 11.5 Å². The summed E-state index contributed by atoms with van der Waals surface area (Å²) in [5.74, 6) is 0.657. The number of hydrogen-bond donors (Lipinski definition) is 2. The van der Waals surface area contributed by atoms with Gasteiger partial charge >= 0.3 is 0 Å². The van der Waals surface area contributed by atoms with Gasteiger partial charge < -0.3 is 9.73 Å². The van der Waals surface area contributed by atoms with Crippen molar-refractivity contribution in [1.29, 1.82) is 0 Å². The van der Waals surface area contributed by atoms with E-state index in [1.807, 2.05) is 12.1 Å². The van der Waals surface area contributed by atoms with Crippen LogP contribution in [0.3, 0.4) is 0 Å². The van der Waals surface area contributed by atoms with Crippen molar-refractivity contribution >= 4 is 52.3 Å². The summed E-state index contributed by atoms with van der Waals surface area (Å²) >= 11 is 10.9. The number of nitrogens with one attached hydrogen (secondary N) is 2. The molecular formula is C20H14ClN3O4S. The van der Waals surface area contributed by atoms with Gasteiger partial charge in [-0.1, -0.05) is 17.7 Å². The lowest BCUT2D eigenvalue weighted by atomic mass is 10.2. The molecule has 0 bridgehead atoms. The molecule has 29 heavy (non-hydrogen) atoms. The zero-order valence-corrected chi connectivity index (χ0v) is 16.4. The second-order valence-electron chi connectivity index (χ2n) is 5.79. The lowest BCUT2D eigenvalue weighted by Crippen LogP contribution is -2.32. The van der Waals surface area contributed by atoms with Gasteiger partial charge in [-0.25, -0.2) is 0 Å². The quantitative estimate of drug-likeness (QED) is 0.256. The van der Waals surface area contributed by atoms with Crippen LogP contribution in [0.15, 0.2) is 71.2 Å². The molecule has 0 radical (unpaired) electrons. The maximum atomic E-state index is 12.0. The number of hydrogen-bond acceptors (Lipinski definition) is 5. The number of nitro benzene ring substituents is 1. The molecule has 0 aliphatic heterocycles. The number of anilines is 1. The van der Waals surface area contributed by atoms with Crippen LogP contribution in [0, 0.1) is 10.1 Å². The highest BCUT2D eigenvalue weighted by atomic mass is 35.5. The first kappa shape index (κ1) is 20.2. The van der Waals surface area contributed by atoms with E-state index in [4.69, 9.17) is 28.2 Å². The normalized spacial score (nSPS) is 10.7. The smallest absolute Gasteiger partial charge is 0.271 e. The summed E-state index contributed by atoms with van der Waals surface area (Å²) in [6.45, 7) is 0. The predicted octanol–water partition coefficient (Wildman–Crippen LogP) is 5.03. The molecule has 1 amide bonds. The molecule has 0 spiro atoms. The molecule has 1 heterocycles. The standard InChI is InChI=1S/C20H14ClN3O4S/c21-14-6-4-13(5-7-14)18-10-8-17(28-18)9-11-19(25)23-20(29)22-15-2-1-3-16(12-15)24(26)27/h1-12H,(H2,22,23,25,29). The fourth-order valence-corrected chi connectivity index (χ4v) is 2.73. The van der Waals surface area contributed by atoms with Gasteiger partial charge in [0.15, 0.2) is 5.11 Å². The third-order valence-corrected chi connectivity index (χ3v) is 4.16. The van der Waals surface area contributed by atoms with Gasteiger partial charge in [0.25, 0.3) is 5.69 Å². The Morgan fingerprint density at radius 3 is 2.62 bits per heavy atom. The van der Waals surface area contributed by atoms with Crippen LogP contribution >= 0.6 is 23.8 Å². The number of furan rings is 1. The Morgan fingerprint density at radius 2 is 1.90 bits per heavy atom. The number of thiocarbonyl (C=S) groups is 1. The van der Waals surface area contributed by atoms with Crippen LogP contribution in [-0.2, 0) is 4.79 Å². The number of non-ortho nitro benzene ring substituents is 1. The Morgan fingerprint density at radius 1 is 1.14 bits per heavy atom. The summed E-state index contributed by atoms with van der Waals surface area (Å²) in [6.07, 6.45) is 2.77. The van der Waals surface area contributed by atoms with Gasteiger partial charge in [-0.2, -0.15) is 0 Å². The number of benzene rings is 2. The molecule has 0 aliphatic rings. The lowest BCUT2D eigenvalue weighted by molar-refractivity contribution is -0.384. The van der Waals surface area contributed by atoms with Crippen molar-refractivity contribution in [1.82, 2.24) is 5.32 Å². The van der Waals surface area contributed by atoms with E-state index in [1.54, 1.807) is 30.3 Å². The second-order valence-corrected chi connectivity index (χ2v) is 6.64. The van der Waals surface area contributed by atoms with Crippen molar-refractivity contribution in [3.8, 4) is 11.3 Å². The number of carbonyl (C=O) groups is 1. The van der Waals surface area contributed by atoms with Gasteiger partial charge in [-0.15, -0.1) is 0 Å². The number of halogens is 1. The first-order valence-corrected chi connectivity index (χ1v) is 9.09. The average Bonchev–Trinajstić information content (AvgIpc) is 3.16. The van der Waals surface area contributed by atoms with E-state index in [9.17, 15) is 14.9 Å². The van der Waals surface area contributed by atoms with Crippen LogP contribution < -0.4 is 10.6 Å². The zero-order valence-electron chi connectivity index (χ0n) is 14.8. The summed E-state index contributed by atoms with van der Waals surface area (Å²) in [7, 11) is 0. The number of nitrogens with zero attached hydrogens (tertiary/aromatic N) is 1. The topological polar surface area (TPSA) is 97.4 Å². The molecular weight excluding hydrogens is 414 g/mol. The molecule has 0 unspecified atom stereocenters. The molecule has 9 heteroatoms. The zero-order chi connectivity index (χ0) is 20.8. The molecule has 146 valence electrons. The van der Waals surface area contributed by atoms with Crippen LogP contribution in [-0.4, -0.2) is 15.9 Å². The summed E-state index contributed by atoms with van der Waals surface area (Å²) in [4.78, 5) is 22.3. The summed E-state index contributed by atoms with van der Waals surface area (Å²) < 4.78 is 5.67. The molecule has 0 atom stereocenters. The molecule has 2 N–H and O–H groups in total. The third kappa shape index (κ3) is 5.74. The maximum Gasteiger partial charge on any atom is 0.271 e. The van der Waals surface area contributed by atoms with Crippen LogP contribution in [0.25, 0.3) is 17.4 Å². The first-order valence-electron chi connectivity index (χ1n) is 8.31. The SMILES string of the molecule is O=C(C=Cc1ccc(-c2ccc(Cl)cc2)o1)NC(=S)Nc1cccc([N+](=O)[O-])c1. The minimum absolute atomic E-state index is 0.0152. The van der Waals surface area contributed by atoms with E-state index in [1.165, 1.54) is 30.4 Å². The molecule has 2 aromatic carbocycles. The highest BCUT2D eigenvalue weighted by Gasteiger charge is 2.08. The van der Waals surface area contributed by atoms with Gasteiger partial charge in [0.2, 0.25) is 5.91 Å².